The summed E-state index contributed by atoms with van der Waals surface area (Å²) >= 11 is 0. The van der Waals surface area contributed by atoms with Crippen LogP contribution in [0.5, 0.6) is 5.75 Å². The zero-order valence-corrected chi connectivity index (χ0v) is 10.8. The molecule has 0 atom stereocenters. The molecule has 0 aromatic heterocycles. The number of hydrogen-bond donors (Lipinski definition) is 1. The first-order valence-electron chi connectivity index (χ1n) is 5.80. The third-order valence-corrected chi connectivity index (χ3v) is 3.01. The Hall–Kier alpha value is -2.23. The molecule has 1 N–H and O–H groups in total. The lowest BCUT2D eigenvalue weighted by Gasteiger charge is -2.10. The van der Waals surface area contributed by atoms with Crippen LogP contribution in [0.4, 0.5) is 0 Å². The lowest BCUT2D eigenvalue weighted by Crippen LogP contribution is -2.07. The maximum Gasteiger partial charge on any atom is 0.335 e. The molecule has 0 spiro atoms. The first-order valence-corrected chi connectivity index (χ1v) is 5.80. The minimum absolute atomic E-state index is 0.280. The van der Waals surface area contributed by atoms with E-state index in [0.29, 0.717) is 11.2 Å². The third-order valence-electron chi connectivity index (χ3n) is 3.01. The van der Waals surface area contributed by atoms with Crippen molar-refractivity contribution in [2.75, 3.05) is 7.11 Å². The predicted octanol–water partition coefficient (Wildman–Crippen LogP) is 2.16. The van der Waals surface area contributed by atoms with Crippen molar-refractivity contribution in [3.63, 3.8) is 0 Å². The largest absolute Gasteiger partial charge is 0.497 e. The van der Waals surface area contributed by atoms with Gasteiger partial charge < -0.3 is 9.84 Å². The molecule has 0 saturated carbocycles. The second-order valence-corrected chi connectivity index (χ2v) is 4.29. The Labute approximate surface area is 113 Å². The highest BCUT2D eigenvalue weighted by molar-refractivity contribution is 6.34. The summed E-state index contributed by atoms with van der Waals surface area (Å²) in [6.45, 7) is 1.88. The molecule has 0 bridgehead atoms. The molecular formula is C15H13BO3. The predicted molar refractivity (Wildman–Crippen MR) is 75.5 cm³/mol. The van der Waals surface area contributed by atoms with Crippen LogP contribution in [-0.2, 0) is 0 Å². The van der Waals surface area contributed by atoms with Crippen molar-refractivity contribution in [3.05, 3.63) is 47.5 Å². The van der Waals surface area contributed by atoms with Gasteiger partial charge in [-0.1, -0.05) is 23.7 Å². The highest BCUT2D eigenvalue weighted by atomic mass is 16.5. The second kappa shape index (κ2) is 5.18. The van der Waals surface area contributed by atoms with Gasteiger partial charge in [0.05, 0.1) is 12.7 Å². The molecule has 0 aliphatic carbocycles. The van der Waals surface area contributed by atoms with Crippen LogP contribution < -0.4 is 10.2 Å². The second-order valence-electron chi connectivity index (χ2n) is 4.29. The van der Waals surface area contributed by atoms with E-state index < -0.39 is 5.97 Å². The Bertz CT molecular complexity index is 635. The minimum atomic E-state index is -0.927. The molecule has 2 aromatic carbocycles. The average molecular weight is 252 g/mol. The van der Waals surface area contributed by atoms with Gasteiger partial charge in [0, 0.05) is 0 Å². The molecule has 0 aliphatic rings. The number of ether oxygens (including phenoxy) is 1. The summed E-state index contributed by atoms with van der Waals surface area (Å²) in [6.07, 6.45) is 0. The Kier molecular flexibility index (Phi) is 3.60. The van der Waals surface area contributed by atoms with Crippen LogP contribution in [0.2, 0.25) is 0 Å². The number of carboxylic acid groups (broad SMARTS) is 1. The van der Waals surface area contributed by atoms with E-state index in [4.69, 9.17) is 17.7 Å². The monoisotopic (exact) mass is 252 g/mol. The van der Waals surface area contributed by atoms with Crippen LogP contribution in [-0.4, -0.2) is 26.0 Å². The van der Waals surface area contributed by atoms with Crippen molar-refractivity contribution < 1.29 is 14.6 Å². The highest BCUT2D eigenvalue weighted by Gasteiger charge is 2.08. The molecule has 0 saturated heterocycles. The van der Waals surface area contributed by atoms with Gasteiger partial charge in [-0.05, 0) is 41.8 Å². The third kappa shape index (κ3) is 2.62. The standard InChI is InChI=1S/C15H13BO3/c1-9-7-11(15(17)18)3-5-12(9)10-4-6-14(19-2)13(16)8-10/h3-8H,1-2H3,(H,17,18). The molecule has 0 aliphatic heterocycles. The highest BCUT2D eigenvalue weighted by Crippen LogP contribution is 2.25. The van der Waals surface area contributed by atoms with Crippen LogP contribution in [0.1, 0.15) is 15.9 Å². The van der Waals surface area contributed by atoms with Gasteiger partial charge in [0.15, 0.2) is 0 Å². The maximum atomic E-state index is 10.9. The number of rotatable bonds is 3. The summed E-state index contributed by atoms with van der Waals surface area (Å²) in [7, 11) is 7.45. The molecule has 0 fully saturated rings. The van der Waals surface area contributed by atoms with E-state index in [-0.39, 0.29) is 5.56 Å². The fourth-order valence-corrected chi connectivity index (χ4v) is 2.02. The van der Waals surface area contributed by atoms with E-state index in [1.54, 1.807) is 31.4 Å². The Morgan fingerprint density at radius 2 is 1.95 bits per heavy atom. The number of benzene rings is 2. The van der Waals surface area contributed by atoms with E-state index in [0.717, 1.165) is 16.7 Å². The summed E-state index contributed by atoms with van der Waals surface area (Å²) in [5.41, 5.74) is 3.63. The summed E-state index contributed by atoms with van der Waals surface area (Å²) in [5.74, 6) is -0.299. The lowest BCUT2D eigenvalue weighted by atomic mass is 9.89. The number of methoxy groups -OCH3 is 1. The van der Waals surface area contributed by atoms with Crippen molar-refractivity contribution in [2.45, 2.75) is 6.92 Å². The van der Waals surface area contributed by atoms with E-state index in [2.05, 4.69) is 0 Å². The van der Waals surface area contributed by atoms with Gasteiger partial charge in [-0.3, -0.25) is 0 Å². The molecule has 19 heavy (non-hydrogen) atoms. The first kappa shape index (κ1) is 13.2. The molecule has 4 heteroatoms. The summed E-state index contributed by atoms with van der Waals surface area (Å²) < 4.78 is 5.11. The Morgan fingerprint density at radius 1 is 1.21 bits per heavy atom. The molecule has 0 amide bonds. The topological polar surface area (TPSA) is 46.5 Å². The fraction of sp³-hybridized carbons (Fsp3) is 0.133. The van der Waals surface area contributed by atoms with E-state index in [1.165, 1.54) is 0 Å². The zero-order chi connectivity index (χ0) is 14.0. The first-order chi connectivity index (χ1) is 9.02. The normalized spacial score (nSPS) is 10.2. The van der Waals surface area contributed by atoms with E-state index >= 15 is 0 Å². The van der Waals surface area contributed by atoms with Crippen molar-refractivity contribution in [2.24, 2.45) is 0 Å². The average Bonchev–Trinajstić information content (AvgIpc) is 2.38. The van der Waals surface area contributed by atoms with Crippen molar-refractivity contribution in [1.82, 2.24) is 0 Å². The number of carboxylic acids is 1. The molecule has 2 radical (unpaired) electrons. The lowest BCUT2D eigenvalue weighted by molar-refractivity contribution is 0.0697. The number of hydrogen-bond acceptors (Lipinski definition) is 2. The Morgan fingerprint density at radius 3 is 2.47 bits per heavy atom. The molecular weight excluding hydrogens is 239 g/mol. The number of aryl methyl sites for hydroxylation is 1. The summed E-state index contributed by atoms with van der Waals surface area (Å²) in [4.78, 5) is 10.9. The van der Waals surface area contributed by atoms with Gasteiger partial charge in [-0.2, -0.15) is 0 Å². The van der Waals surface area contributed by atoms with Crippen LogP contribution in [0.15, 0.2) is 36.4 Å². The molecule has 2 rings (SSSR count). The molecule has 94 valence electrons. The summed E-state index contributed by atoms with van der Waals surface area (Å²) in [5, 5.41) is 8.95. The van der Waals surface area contributed by atoms with Crippen LogP contribution >= 0.6 is 0 Å². The van der Waals surface area contributed by atoms with Crippen molar-refractivity contribution in [1.29, 1.82) is 0 Å². The van der Waals surface area contributed by atoms with Crippen LogP contribution in [0.3, 0.4) is 0 Å². The van der Waals surface area contributed by atoms with Crippen LogP contribution in [0, 0.1) is 6.92 Å². The van der Waals surface area contributed by atoms with Gasteiger partial charge in [0.1, 0.15) is 13.6 Å². The Balaban J connectivity index is 2.47. The van der Waals surface area contributed by atoms with Crippen molar-refractivity contribution in [3.8, 4) is 16.9 Å². The maximum absolute atomic E-state index is 10.9. The van der Waals surface area contributed by atoms with Gasteiger partial charge in [0.25, 0.3) is 0 Å². The van der Waals surface area contributed by atoms with Crippen LogP contribution in [0.25, 0.3) is 11.1 Å². The van der Waals surface area contributed by atoms with Gasteiger partial charge >= 0.3 is 5.97 Å². The van der Waals surface area contributed by atoms with Crippen molar-refractivity contribution >= 4 is 19.3 Å². The number of carbonyl (C=O) groups is 1. The number of aromatic carboxylic acids is 1. The molecule has 3 nitrogen and oxygen atoms in total. The van der Waals surface area contributed by atoms with Gasteiger partial charge in [0.2, 0.25) is 0 Å². The molecule has 2 aromatic rings. The SMILES string of the molecule is [B]c1cc(-c2ccc(C(=O)O)cc2C)ccc1OC. The quantitative estimate of drug-likeness (QED) is 0.851. The smallest absolute Gasteiger partial charge is 0.335 e. The minimum Gasteiger partial charge on any atom is -0.497 e. The zero-order valence-electron chi connectivity index (χ0n) is 10.8. The summed E-state index contributed by atoms with van der Waals surface area (Å²) in [6, 6.07) is 10.6. The molecule has 0 unspecified atom stereocenters. The van der Waals surface area contributed by atoms with Gasteiger partial charge in [-0.25, -0.2) is 4.79 Å². The molecule has 0 heterocycles. The van der Waals surface area contributed by atoms with E-state index in [1.807, 2.05) is 19.1 Å². The van der Waals surface area contributed by atoms with E-state index in [9.17, 15) is 4.79 Å². The fourth-order valence-electron chi connectivity index (χ4n) is 2.02. The van der Waals surface area contributed by atoms with Gasteiger partial charge in [-0.15, -0.1) is 0 Å².